The lowest BCUT2D eigenvalue weighted by molar-refractivity contribution is -0.140. The van der Waals surface area contributed by atoms with Crippen LogP contribution in [0.25, 0.3) is 0 Å². The topological polar surface area (TPSA) is 55.4 Å². The van der Waals surface area contributed by atoms with Gasteiger partial charge in [-0.05, 0) is 24.1 Å². The molecule has 4 heteroatoms. The van der Waals surface area contributed by atoms with Crippen molar-refractivity contribution < 1.29 is 14.3 Å². The van der Waals surface area contributed by atoms with Gasteiger partial charge in [0.05, 0.1) is 19.6 Å². The van der Waals surface area contributed by atoms with Gasteiger partial charge in [0, 0.05) is 5.69 Å². The van der Waals surface area contributed by atoms with E-state index < -0.39 is 5.41 Å². The van der Waals surface area contributed by atoms with Crippen molar-refractivity contribution in [3.05, 3.63) is 29.3 Å². The first-order valence-electron chi connectivity index (χ1n) is 5.64. The summed E-state index contributed by atoms with van der Waals surface area (Å²) in [6, 6.07) is 5.74. The lowest BCUT2D eigenvalue weighted by Gasteiger charge is -2.39. The molecule has 3 rings (SSSR count). The van der Waals surface area contributed by atoms with Gasteiger partial charge in [-0.2, -0.15) is 0 Å². The average molecular weight is 231 g/mol. The van der Waals surface area contributed by atoms with Gasteiger partial charge < -0.3 is 10.1 Å². The van der Waals surface area contributed by atoms with E-state index in [0.29, 0.717) is 19.6 Å². The van der Waals surface area contributed by atoms with Crippen LogP contribution in [0.5, 0.6) is 0 Å². The minimum Gasteiger partial charge on any atom is -0.378 e. The van der Waals surface area contributed by atoms with Crippen molar-refractivity contribution in [3.63, 3.8) is 0 Å². The molecule has 1 amide bonds. The Morgan fingerprint density at radius 2 is 2.18 bits per heavy atom. The molecule has 1 aromatic carbocycles. The monoisotopic (exact) mass is 231 g/mol. The Labute approximate surface area is 99.0 Å². The first kappa shape index (κ1) is 10.5. The van der Waals surface area contributed by atoms with E-state index in [0.717, 1.165) is 16.8 Å². The first-order valence-corrected chi connectivity index (χ1v) is 5.64. The molecule has 2 aliphatic heterocycles. The van der Waals surface area contributed by atoms with E-state index in [1.807, 2.05) is 18.2 Å². The fourth-order valence-corrected chi connectivity index (χ4v) is 2.41. The Hall–Kier alpha value is -1.68. The SMILES string of the molecule is CC(=O)C1(c2ccc3c(c2)CC(=O)N3)COC1. The van der Waals surface area contributed by atoms with Gasteiger partial charge in [0.2, 0.25) is 5.91 Å². The molecule has 0 saturated carbocycles. The maximum Gasteiger partial charge on any atom is 0.228 e. The minimum atomic E-state index is -0.485. The second kappa shape index (κ2) is 3.40. The highest BCUT2D eigenvalue weighted by Gasteiger charge is 2.45. The maximum absolute atomic E-state index is 11.8. The van der Waals surface area contributed by atoms with Crippen molar-refractivity contribution in [1.29, 1.82) is 0 Å². The molecule has 0 aromatic heterocycles. The molecule has 4 nitrogen and oxygen atoms in total. The van der Waals surface area contributed by atoms with E-state index in [1.54, 1.807) is 6.92 Å². The molecular formula is C13H13NO3. The summed E-state index contributed by atoms with van der Waals surface area (Å²) in [5.74, 6) is 0.139. The molecule has 88 valence electrons. The summed E-state index contributed by atoms with van der Waals surface area (Å²) in [6.07, 6.45) is 0.401. The molecular weight excluding hydrogens is 218 g/mol. The van der Waals surface area contributed by atoms with Crippen molar-refractivity contribution in [3.8, 4) is 0 Å². The predicted molar refractivity (Wildman–Crippen MR) is 62.0 cm³/mol. The Morgan fingerprint density at radius 1 is 1.41 bits per heavy atom. The summed E-state index contributed by atoms with van der Waals surface area (Å²) in [7, 11) is 0. The fourth-order valence-electron chi connectivity index (χ4n) is 2.41. The van der Waals surface area contributed by atoms with E-state index in [-0.39, 0.29) is 11.7 Å². The van der Waals surface area contributed by atoms with Crippen LogP contribution in [0.4, 0.5) is 5.69 Å². The van der Waals surface area contributed by atoms with Crippen LogP contribution in [0, 0.1) is 0 Å². The predicted octanol–water partition coefficient (Wildman–Crippen LogP) is 1.04. The average Bonchev–Trinajstić information content (AvgIpc) is 2.54. The number of benzene rings is 1. The van der Waals surface area contributed by atoms with E-state index in [4.69, 9.17) is 4.74 Å². The Balaban J connectivity index is 2.03. The van der Waals surface area contributed by atoms with E-state index >= 15 is 0 Å². The number of nitrogens with one attached hydrogen (secondary N) is 1. The van der Waals surface area contributed by atoms with Gasteiger partial charge in [0.1, 0.15) is 11.2 Å². The highest BCUT2D eigenvalue weighted by Crippen LogP contribution is 2.36. The largest absolute Gasteiger partial charge is 0.378 e. The number of carbonyl (C=O) groups excluding carboxylic acids is 2. The van der Waals surface area contributed by atoms with Crippen molar-refractivity contribution in [2.75, 3.05) is 18.5 Å². The zero-order valence-corrected chi connectivity index (χ0v) is 9.58. The van der Waals surface area contributed by atoms with Crippen LogP contribution in [0.15, 0.2) is 18.2 Å². The lowest BCUT2D eigenvalue weighted by atomic mass is 9.75. The number of ether oxygens (including phenoxy) is 1. The van der Waals surface area contributed by atoms with E-state index in [1.165, 1.54) is 0 Å². The lowest BCUT2D eigenvalue weighted by Crippen LogP contribution is -2.52. The number of amides is 1. The van der Waals surface area contributed by atoms with E-state index in [9.17, 15) is 9.59 Å². The molecule has 1 saturated heterocycles. The van der Waals surface area contributed by atoms with Gasteiger partial charge in [0.15, 0.2) is 0 Å². The normalized spacial score (nSPS) is 20.4. The number of rotatable bonds is 2. The number of anilines is 1. The quantitative estimate of drug-likeness (QED) is 0.827. The van der Waals surface area contributed by atoms with Crippen LogP contribution in [-0.4, -0.2) is 24.9 Å². The third-order valence-corrected chi connectivity index (χ3v) is 3.65. The first-order chi connectivity index (χ1) is 8.12. The van der Waals surface area contributed by atoms with Gasteiger partial charge in [-0.15, -0.1) is 0 Å². The summed E-state index contributed by atoms with van der Waals surface area (Å²) < 4.78 is 5.19. The van der Waals surface area contributed by atoms with Crippen molar-refractivity contribution in [2.24, 2.45) is 0 Å². The molecule has 2 heterocycles. The third-order valence-electron chi connectivity index (χ3n) is 3.65. The third kappa shape index (κ3) is 1.41. The Bertz CT molecular complexity index is 517. The maximum atomic E-state index is 11.8. The number of carbonyl (C=O) groups is 2. The van der Waals surface area contributed by atoms with Crippen molar-refractivity contribution in [1.82, 2.24) is 0 Å². The standard InChI is InChI=1S/C13H13NO3/c1-8(15)13(6-17-7-13)10-2-3-11-9(4-10)5-12(16)14-11/h2-4H,5-7H2,1H3,(H,14,16). The van der Waals surface area contributed by atoms with Gasteiger partial charge in [-0.3, -0.25) is 9.59 Å². The molecule has 17 heavy (non-hydrogen) atoms. The summed E-state index contributed by atoms with van der Waals surface area (Å²) in [4.78, 5) is 23.0. The zero-order valence-electron chi connectivity index (χ0n) is 9.58. The summed E-state index contributed by atoms with van der Waals surface area (Å²) in [6.45, 7) is 2.49. The second-order valence-electron chi connectivity index (χ2n) is 4.73. The molecule has 0 unspecified atom stereocenters. The highest BCUT2D eigenvalue weighted by molar-refractivity contribution is 5.99. The highest BCUT2D eigenvalue weighted by atomic mass is 16.5. The van der Waals surface area contributed by atoms with Crippen LogP contribution in [-0.2, 0) is 26.2 Å². The second-order valence-corrected chi connectivity index (χ2v) is 4.73. The number of Topliss-reactive ketones (excluding diaryl/α,β-unsaturated/α-hetero) is 1. The van der Waals surface area contributed by atoms with Crippen LogP contribution in [0.3, 0.4) is 0 Å². The Morgan fingerprint density at radius 3 is 2.76 bits per heavy atom. The number of hydrogen-bond acceptors (Lipinski definition) is 3. The van der Waals surface area contributed by atoms with E-state index in [2.05, 4.69) is 5.32 Å². The molecule has 0 atom stereocenters. The van der Waals surface area contributed by atoms with Crippen LogP contribution < -0.4 is 5.32 Å². The van der Waals surface area contributed by atoms with Crippen molar-refractivity contribution >= 4 is 17.4 Å². The fraction of sp³-hybridized carbons (Fsp3) is 0.385. The van der Waals surface area contributed by atoms with Gasteiger partial charge in [-0.1, -0.05) is 12.1 Å². The molecule has 0 radical (unpaired) electrons. The Kier molecular flexibility index (Phi) is 2.10. The zero-order chi connectivity index (χ0) is 12.0. The van der Waals surface area contributed by atoms with Gasteiger partial charge in [0.25, 0.3) is 0 Å². The van der Waals surface area contributed by atoms with Gasteiger partial charge >= 0.3 is 0 Å². The smallest absolute Gasteiger partial charge is 0.228 e. The molecule has 0 bridgehead atoms. The molecule has 2 aliphatic rings. The molecule has 1 aromatic rings. The van der Waals surface area contributed by atoms with Crippen molar-refractivity contribution in [2.45, 2.75) is 18.8 Å². The van der Waals surface area contributed by atoms with Crippen LogP contribution in [0.2, 0.25) is 0 Å². The van der Waals surface area contributed by atoms with Crippen LogP contribution >= 0.6 is 0 Å². The summed E-state index contributed by atoms with van der Waals surface area (Å²) in [5.41, 5.74) is 2.31. The molecule has 1 N–H and O–H groups in total. The molecule has 0 aliphatic carbocycles. The number of ketones is 1. The van der Waals surface area contributed by atoms with Gasteiger partial charge in [-0.25, -0.2) is 0 Å². The number of fused-ring (bicyclic) bond motifs is 1. The van der Waals surface area contributed by atoms with Crippen LogP contribution in [0.1, 0.15) is 18.1 Å². The minimum absolute atomic E-state index is 0.0129. The molecule has 0 spiro atoms. The number of hydrogen-bond donors (Lipinski definition) is 1. The summed E-state index contributed by atoms with van der Waals surface area (Å²) >= 11 is 0. The molecule has 1 fully saturated rings. The summed E-state index contributed by atoms with van der Waals surface area (Å²) in [5, 5.41) is 2.79.